The molecule has 3 N–H and O–H groups in total. The SMILES string of the molecule is CC(C(=O)NC(CCN)C(C)(C)C)S(C)(=O)=O. The Morgan fingerprint density at radius 1 is 1.35 bits per heavy atom. The van der Waals surface area contributed by atoms with Gasteiger partial charge in [-0.25, -0.2) is 8.42 Å². The molecule has 0 bridgehead atoms. The van der Waals surface area contributed by atoms with Crippen molar-refractivity contribution in [3.05, 3.63) is 0 Å². The number of carbonyl (C=O) groups excluding carboxylic acids is 1. The Morgan fingerprint density at radius 3 is 2.12 bits per heavy atom. The Kier molecular flexibility index (Phi) is 5.61. The second-order valence-electron chi connectivity index (χ2n) is 5.48. The Bertz CT molecular complexity index is 357. The maximum atomic E-state index is 11.8. The molecule has 0 heterocycles. The zero-order valence-corrected chi connectivity index (χ0v) is 12.1. The third kappa shape index (κ3) is 5.50. The summed E-state index contributed by atoms with van der Waals surface area (Å²) in [7, 11) is -3.35. The van der Waals surface area contributed by atoms with Crippen LogP contribution in [0.25, 0.3) is 0 Å². The average Bonchev–Trinajstić information content (AvgIpc) is 2.12. The van der Waals surface area contributed by atoms with Crippen LogP contribution in [0.5, 0.6) is 0 Å². The molecule has 1 amide bonds. The lowest BCUT2D eigenvalue weighted by Gasteiger charge is -2.32. The van der Waals surface area contributed by atoms with E-state index in [1.807, 2.05) is 20.8 Å². The van der Waals surface area contributed by atoms with E-state index in [1.54, 1.807) is 0 Å². The van der Waals surface area contributed by atoms with E-state index in [9.17, 15) is 13.2 Å². The number of sulfone groups is 1. The second kappa shape index (κ2) is 5.82. The lowest BCUT2D eigenvalue weighted by atomic mass is 9.84. The fourth-order valence-electron chi connectivity index (χ4n) is 1.37. The molecule has 5 nitrogen and oxygen atoms in total. The third-order valence-electron chi connectivity index (χ3n) is 2.83. The van der Waals surface area contributed by atoms with E-state index in [0.29, 0.717) is 13.0 Å². The number of carbonyl (C=O) groups is 1. The van der Waals surface area contributed by atoms with Crippen LogP contribution >= 0.6 is 0 Å². The number of nitrogens with one attached hydrogen (secondary N) is 1. The van der Waals surface area contributed by atoms with Crippen molar-refractivity contribution in [2.75, 3.05) is 12.8 Å². The molecule has 0 rings (SSSR count). The van der Waals surface area contributed by atoms with Crippen molar-refractivity contribution in [1.29, 1.82) is 0 Å². The summed E-state index contributed by atoms with van der Waals surface area (Å²) in [5.41, 5.74) is 5.35. The van der Waals surface area contributed by atoms with Crippen LogP contribution in [0.1, 0.15) is 34.1 Å². The molecule has 0 radical (unpaired) electrons. The smallest absolute Gasteiger partial charge is 0.238 e. The molecule has 2 atom stereocenters. The molecule has 0 aliphatic carbocycles. The molecule has 6 heteroatoms. The normalized spacial score (nSPS) is 16.4. The van der Waals surface area contributed by atoms with Gasteiger partial charge in [-0.1, -0.05) is 20.8 Å². The van der Waals surface area contributed by atoms with E-state index in [2.05, 4.69) is 5.32 Å². The first-order chi connectivity index (χ1) is 7.50. The molecule has 0 aromatic heterocycles. The van der Waals surface area contributed by atoms with Crippen molar-refractivity contribution in [2.45, 2.75) is 45.4 Å². The number of nitrogens with two attached hydrogens (primary N) is 1. The molecule has 102 valence electrons. The molecule has 0 aliphatic heterocycles. The van der Waals surface area contributed by atoms with E-state index in [0.717, 1.165) is 6.26 Å². The largest absolute Gasteiger partial charge is 0.352 e. The first kappa shape index (κ1) is 16.4. The summed E-state index contributed by atoms with van der Waals surface area (Å²) in [5.74, 6) is -0.458. The second-order valence-corrected chi connectivity index (χ2v) is 7.84. The summed E-state index contributed by atoms with van der Waals surface area (Å²) < 4.78 is 22.6. The minimum atomic E-state index is -3.35. The summed E-state index contributed by atoms with van der Waals surface area (Å²) in [5, 5.41) is 1.74. The Hall–Kier alpha value is -0.620. The van der Waals surface area contributed by atoms with Crippen molar-refractivity contribution in [1.82, 2.24) is 5.32 Å². The van der Waals surface area contributed by atoms with Gasteiger partial charge in [-0.3, -0.25) is 4.79 Å². The first-order valence-electron chi connectivity index (χ1n) is 5.69. The summed E-state index contributed by atoms with van der Waals surface area (Å²) in [4.78, 5) is 11.8. The van der Waals surface area contributed by atoms with Crippen molar-refractivity contribution in [3.8, 4) is 0 Å². The summed E-state index contributed by atoms with van der Waals surface area (Å²) in [6.07, 6.45) is 1.69. The Morgan fingerprint density at radius 2 is 1.82 bits per heavy atom. The molecule has 0 aliphatic rings. The van der Waals surface area contributed by atoms with Crippen LogP contribution in [0.15, 0.2) is 0 Å². The monoisotopic (exact) mass is 264 g/mol. The fourth-order valence-corrected chi connectivity index (χ4v) is 1.83. The van der Waals surface area contributed by atoms with Gasteiger partial charge in [0.2, 0.25) is 5.91 Å². The summed E-state index contributed by atoms with van der Waals surface area (Å²) in [6, 6.07) is -0.121. The number of hydrogen-bond donors (Lipinski definition) is 2. The molecule has 0 saturated carbocycles. The summed E-state index contributed by atoms with van der Waals surface area (Å²) in [6.45, 7) is 7.80. The Balaban J connectivity index is 4.74. The molecule has 2 unspecified atom stereocenters. The summed E-state index contributed by atoms with van der Waals surface area (Å²) >= 11 is 0. The van der Waals surface area contributed by atoms with Crippen LogP contribution < -0.4 is 11.1 Å². The molecule has 17 heavy (non-hydrogen) atoms. The highest BCUT2D eigenvalue weighted by Crippen LogP contribution is 2.21. The molecule has 0 saturated heterocycles. The van der Waals surface area contributed by atoms with E-state index in [4.69, 9.17) is 5.73 Å². The van der Waals surface area contributed by atoms with Crippen LogP contribution in [-0.4, -0.2) is 38.4 Å². The van der Waals surface area contributed by atoms with Gasteiger partial charge in [0.15, 0.2) is 9.84 Å². The van der Waals surface area contributed by atoms with Gasteiger partial charge >= 0.3 is 0 Å². The number of hydrogen-bond acceptors (Lipinski definition) is 4. The van der Waals surface area contributed by atoms with Gasteiger partial charge in [0.25, 0.3) is 0 Å². The van der Waals surface area contributed by atoms with Crippen molar-refractivity contribution in [2.24, 2.45) is 11.1 Å². The first-order valence-corrected chi connectivity index (χ1v) is 7.65. The van der Waals surface area contributed by atoms with E-state index >= 15 is 0 Å². The van der Waals surface area contributed by atoms with Crippen LogP contribution in [0.2, 0.25) is 0 Å². The topological polar surface area (TPSA) is 89.3 Å². The molecular weight excluding hydrogens is 240 g/mol. The Labute approximate surface area is 104 Å². The fraction of sp³-hybridized carbons (Fsp3) is 0.909. The molecule has 0 aromatic rings. The maximum absolute atomic E-state index is 11.8. The van der Waals surface area contributed by atoms with Gasteiger partial charge in [-0.15, -0.1) is 0 Å². The number of amides is 1. The van der Waals surface area contributed by atoms with Crippen molar-refractivity contribution < 1.29 is 13.2 Å². The highest BCUT2D eigenvalue weighted by Gasteiger charge is 2.30. The van der Waals surface area contributed by atoms with Crippen LogP contribution in [-0.2, 0) is 14.6 Å². The molecule has 0 aromatic carbocycles. The van der Waals surface area contributed by atoms with E-state index < -0.39 is 21.0 Å². The van der Waals surface area contributed by atoms with E-state index in [-0.39, 0.29) is 11.5 Å². The number of rotatable bonds is 5. The van der Waals surface area contributed by atoms with Crippen molar-refractivity contribution in [3.63, 3.8) is 0 Å². The van der Waals surface area contributed by atoms with Gasteiger partial charge in [0, 0.05) is 12.3 Å². The van der Waals surface area contributed by atoms with Crippen LogP contribution in [0.4, 0.5) is 0 Å². The molecule has 0 fully saturated rings. The molecule has 0 spiro atoms. The quantitative estimate of drug-likeness (QED) is 0.747. The highest BCUT2D eigenvalue weighted by atomic mass is 32.2. The van der Waals surface area contributed by atoms with Gasteiger partial charge in [0.1, 0.15) is 5.25 Å². The maximum Gasteiger partial charge on any atom is 0.238 e. The van der Waals surface area contributed by atoms with Gasteiger partial charge in [0.05, 0.1) is 0 Å². The zero-order chi connectivity index (χ0) is 13.9. The lowest BCUT2D eigenvalue weighted by Crippen LogP contribution is -2.49. The van der Waals surface area contributed by atoms with Gasteiger partial charge < -0.3 is 11.1 Å². The third-order valence-corrected chi connectivity index (χ3v) is 4.33. The van der Waals surface area contributed by atoms with Gasteiger partial charge in [-0.2, -0.15) is 0 Å². The molecular formula is C11H24N2O3S. The predicted octanol–water partition coefficient (Wildman–Crippen LogP) is 0.299. The van der Waals surface area contributed by atoms with Crippen molar-refractivity contribution >= 4 is 15.7 Å². The predicted molar refractivity (Wildman–Crippen MR) is 69.4 cm³/mol. The minimum absolute atomic E-state index is 0.121. The van der Waals surface area contributed by atoms with E-state index in [1.165, 1.54) is 6.92 Å². The lowest BCUT2D eigenvalue weighted by molar-refractivity contribution is -0.121. The average molecular weight is 264 g/mol. The zero-order valence-electron chi connectivity index (χ0n) is 11.3. The highest BCUT2D eigenvalue weighted by molar-refractivity contribution is 7.92. The van der Waals surface area contributed by atoms with Crippen LogP contribution in [0, 0.1) is 5.41 Å². The standard InChI is InChI=1S/C11H24N2O3S/c1-8(17(5,15)16)10(14)13-9(6-7-12)11(2,3)4/h8-9H,6-7,12H2,1-5H3,(H,13,14). The van der Waals surface area contributed by atoms with Gasteiger partial charge in [-0.05, 0) is 25.3 Å². The van der Waals surface area contributed by atoms with Crippen LogP contribution in [0.3, 0.4) is 0 Å². The minimum Gasteiger partial charge on any atom is -0.352 e.